The Morgan fingerprint density at radius 2 is 1.55 bits per heavy atom. The molecule has 0 radical (unpaired) electrons. The predicted octanol–water partition coefficient (Wildman–Crippen LogP) is 4.80. The van der Waals surface area contributed by atoms with Crippen LogP contribution in [0.2, 0.25) is 0 Å². The van der Waals surface area contributed by atoms with Gasteiger partial charge < -0.3 is 5.32 Å². The Labute approximate surface area is 122 Å². The molecule has 3 rings (SSSR count). The molecule has 0 aromatic heterocycles. The summed E-state index contributed by atoms with van der Waals surface area (Å²) >= 11 is 0. The summed E-state index contributed by atoms with van der Waals surface area (Å²) in [6.45, 7) is 4.41. The molecule has 2 aromatic carbocycles. The summed E-state index contributed by atoms with van der Waals surface area (Å²) in [4.78, 5) is 0. The normalized spacial score (nSPS) is 17.7. The maximum absolute atomic E-state index is 3.83. The molecule has 1 unspecified atom stereocenters. The highest BCUT2D eigenvalue weighted by molar-refractivity contribution is 5.27. The molecule has 0 bridgehead atoms. The average molecular weight is 265 g/mol. The zero-order valence-electron chi connectivity index (χ0n) is 12.3. The van der Waals surface area contributed by atoms with Gasteiger partial charge in [-0.1, -0.05) is 60.2 Å². The van der Waals surface area contributed by atoms with Crippen LogP contribution in [0, 0.1) is 12.8 Å². The van der Waals surface area contributed by atoms with Crippen LogP contribution in [0.4, 0.5) is 0 Å². The van der Waals surface area contributed by atoms with E-state index in [1.165, 1.54) is 29.5 Å². The van der Waals surface area contributed by atoms with Gasteiger partial charge in [0.05, 0.1) is 0 Å². The molecular formula is C19H23N. The quantitative estimate of drug-likeness (QED) is 0.819. The first kappa shape index (κ1) is 13.4. The van der Waals surface area contributed by atoms with E-state index in [9.17, 15) is 0 Å². The smallest absolute Gasteiger partial charge is 0.0353 e. The number of rotatable bonds is 5. The molecule has 2 aromatic rings. The number of hydrogen-bond donors (Lipinski definition) is 1. The molecule has 1 heteroatoms. The van der Waals surface area contributed by atoms with Crippen LogP contribution in [0.15, 0.2) is 54.6 Å². The molecule has 0 spiro atoms. The molecule has 1 saturated carbocycles. The van der Waals surface area contributed by atoms with Gasteiger partial charge in [0.1, 0.15) is 0 Å². The lowest BCUT2D eigenvalue weighted by molar-refractivity contribution is 0.427. The molecule has 2 atom stereocenters. The Kier molecular flexibility index (Phi) is 3.88. The molecule has 20 heavy (non-hydrogen) atoms. The van der Waals surface area contributed by atoms with Gasteiger partial charge in [-0.25, -0.2) is 0 Å². The standard InChI is InChI=1S/C19H23N/c1-14-8-10-17(11-9-14)19(18-12-13-18)20-15(2)16-6-4-3-5-7-16/h3-11,15,18-20H,12-13H2,1-2H3/t15-,19?/m0/s1. The van der Waals surface area contributed by atoms with Crippen molar-refractivity contribution in [1.29, 1.82) is 0 Å². The van der Waals surface area contributed by atoms with Gasteiger partial charge >= 0.3 is 0 Å². The van der Waals surface area contributed by atoms with E-state index in [4.69, 9.17) is 0 Å². The van der Waals surface area contributed by atoms with E-state index in [0.29, 0.717) is 12.1 Å². The van der Waals surface area contributed by atoms with Crippen molar-refractivity contribution in [3.63, 3.8) is 0 Å². The highest BCUT2D eigenvalue weighted by Gasteiger charge is 2.33. The maximum Gasteiger partial charge on any atom is 0.0353 e. The average Bonchev–Trinajstić information content (AvgIpc) is 3.31. The Bertz CT molecular complexity index is 540. The van der Waals surface area contributed by atoms with Crippen LogP contribution in [0.25, 0.3) is 0 Å². The second-order valence-corrected chi connectivity index (χ2v) is 6.02. The number of benzene rings is 2. The third kappa shape index (κ3) is 3.10. The van der Waals surface area contributed by atoms with Gasteiger partial charge in [-0.15, -0.1) is 0 Å². The predicted molar refractivity (Wildman–Crippen MR) is 84.6 cm³/mol. The van der Waals surface area contributed by atoms with Crippen molar-refractivity contribution in [2.45, 2.75) is 38.8 Å². The van der Waals surface area contributed by atoms with Crippen molar-refractivity contribution in [3.05, 3.63) is 71.3 Å². The second kappa shape index (κ2) is 5.80. The summed E-state index contributed by atoms with van der Waals surface area (Å²) in [5, 5.41) is 3.83. The summed E-state index contributed by atoms with van der Waals surface area (Å²) in [6.07, 6.45) is 2.71. The van der Waals surface area contributed by atoms with E-state index in [1.807, 2.05) is 0 Å². The van der Waals surface area contributed by atoms with Gasteiger partial charge in [0.25, 0.3) is 0 Å². The van der Waals surface area contributed by atoms with Crippen molar-refractivity contribution < 1.29 is 0 Å². The summed E-state index contributed by atoms with van der Waals surface area (Å²) < 4.78 is 0. The molecule has 1 N–H and O–H groups in total. The van der Waals surface area contributed by atoms with E-state index < -0.39 is 0 Å². The van der Waals surface area contributed by atoms with E-state index in [1.54, 1.807) is 0 Å². The zero-order chi connectivity index (χ0) is 13.9. The Balaban J connectivity index is 1.76. The Morgan fingerprint density at radius 1 is 0.900 bits per heavy atom. The van der Waals surface area contributed by atoms with Gasteiger partial charge in [0, 0.05) is 12.1 Å². The van der Waals surface area contributed by atoms with Crippen LogP contribution >= 0.6 is 0 Å². The minimum absolute atomic E-state index is 0.392. The molecule has 0 aliphatic heterocycles. The molecule has 0 amide bonds. The van der Waals surface area contributed by atoms with Crippen LogP contribution in [0.1, 0.15) is 48.5 Å². The molecular weight excluding hydrogens is 242 g/mol. The van der Waals surface area contributed by atoms with Crippen LogP contribution in [0.5, 0.6) is 0 Å². The van der Waals surface area contributed by atoms with Crippen molar-refractivity contribution in [2.75, 3.05) is 0 Å². The summed E-state index contributed by atoms with van der Waals surface area (Å²) in [5.74, 6) is 0.809. The number of nitrogens with one attached hydrogen (secondary N) is 1. The molecule has 1 aliphatic carbocycles. The Morgan fingerprint density at radius 3 is 2.15 bits per heavy atom. The van der Waals surface area contributed by atoms with Crippen molar-refractivity contribution in [2.24, 2.45) is 5.92 Å². The summed E-state index contributed by atoms with van der Waals surface area (Å²) in [5.41, 5.74) is 4.13. The molecule has 0 heterocycles. The second-order valence-electron chi connectivity index (χ2n) is 6.02. The van der Waals surface area contributed by atoms with Gasteiger partial charge in [-0.05, 0) is 43.7 Å². The van der Waals surface area contributed by atoms with Gasteiger partial charge in [-0.2, -0.15) is 0 Å². The topological polar surface area (TPSA) is 12.0 Å². The lowest BCUT2D eigenvalue weighted by Gasteiger charge is -2.24. The van der Waals surface area contributed by atoms with E-state index in [0.717, 1.165) is 5.92 Å². The van der Waals surface area contributed by atoms with Crippen LogP contribution in [-0.2, 0) is 0 Å². The lowest BCUT2D eigenvalue weighted by Crippen LogP contribution is -2.26. The van der Waals surface area contributed by atoms with E-state index >= 15 is 0 Å². The fourth-order valence-electron chi connectivity index (χ4n) is 2.82. The first-order chi connectivity index (χ1) is 9.74. The van der Waals surface area contributed by atoms with Crippen molar-refractivity contribution in [1.82, 2.24) is 5.32 Å². The highest BCUT2D eigenvalue weighted by Crippen LogP contribution is 2.42. The van der Waals surface area contributed by atoms with Crippen LogP contribution in [0.3, 0.4) is 0 Å². The largest absolute Gasteiger partial charge is 0.303 e. The molecule has 1 fully saturated rings. The van der Waals surface area contributed by atoms with Crippen molar-refractivity contribution in [3.8, 4) is 0 Å². The monoisotopic (exact) mass is 265 g/mol. The summed E-state index contributed by atoms with van der Waals surface area (Å²) in [7, 11) is 0. The van der Waals surface area contributed by atoms with Gasteiger partial charge in [-0.3, -0.25) is 0 Å². The van der Waals surface area contributed by atoms with Gasteiger partial charge in [0.15, 0.2) is 0 Å². The highest BCUT2D eigenvalue weighted by atomic mass is 15.0. The number of hydrogen-bond acceptors (Lipinski definition) is 1. The first-order valence-electron chi connectivity index (χ1n) is 7.61. The van der Waals surface area contributed by atoms with Crippen LogP contribution < -0.4 is 5.32 Å². The SMILES string of the molecule is Cc1ccc(C(N[C@@H](C)c2ccccc2)C2CC2)cc1. The molecule has 1 aliphatic rings. The van der Waals surface area contributed by atoms with E-state index in [2.05, 4.69) is 73.8 Å². The Hall–Kier alpha value is -1.60. The maximum atomic E-state index is 3.83. The minimum Gasteiger partial charge on any atom is -0.303 e. The minimum atomic E-state index is 0.392. The summed E-state index contributed by atoms with van der Waals surface area (Å²) in [6, 6.07) is 20.6. The molecule has 104 valence electrons. The zero-order valence-corrected chi connectivity index (χ0v) is 12.3. The first-order valence-corrected chi connectivity index (χ1v) is 7.61. The fraction of sp³-hybridized carbons (Fsp3) is 0.368. The lowest BCUT2D eigenvalue weighted by atomic mass is 9.98. The van der Waals surface area contributed by atoms with Gasteiger partial charge in [0.2, 0.25) is 0 Å². The number of aryl methyl sites for hydroxylation is 1. The van der Waals surface area contributed by atoms with E-state index in [-0.39, 0.29) is 0 Å². The van der Waals surface area contributed by atoms with Crippen molar-refractivity contribution >= 4 is 0 Å². The van der Waals surface area contributed by atoms with Crippen LogP contribution in [-0.4, -0.2) is 0 Å². The fourth-order valence-corrected chi connectivity index (χ4v) is 2.82. The molecule has 1 nitrogen and oxygen atoms in total. The third-order valence-corrected chi connectivity index (χ3v) is 4.26. The molecule has 0 saturated heterocycles. The third-order valence-electron chi connectivity index (χ3n) is 4.26.